The summed E-state index contributed by atoms with van der Waals surface area (Å²) in [5.41, 5.74) is 0. The fourth-order valence-corrected chi connectivity index (χ4v) is 8.38. The number of carbonyl (C=O) groups excluding carboxylic acids is 2. The van der Waals surface area contributed by atoms with Crippen LogP contribution in [0.25, 0.3) is 0 Å². The zero-order valence-corrected chi connectivity index (χ0v) is 42.0. The number of ether oxygens (including phenoxy) is 1. The molecule has 0 saturated carbocycles. The van der Waals surface area contributed by atoms with Gasteiger partial charge in [-0.3, -0.25) is 9.59 Å². The second kappa shape index (κ2) is 50.8. The molecule has 0 saturated heterocycles. The normalized spacial score (nSPS) is 13.5. The highest BCUT2D eigenvalue weighted by molar-refractivity contribution is 5.77. The van der Waals surface area contributed by atoms with Crippen molar-refractivity contribution in [1.82, 2.24) is 5.32 Å². The number of aliphatic hydroxyl groups is 2. The zero-order valence-electron chi connectivity index (χ0n) is 42.0. The molecule has 0 bridgehead atoms. The van der Waals surface area contributed by atoms with E-state index in [1.807, 2.05) is 18.2 Å². The topological polar surface area (TPSA) is 95.9 Å². The van der Waals surface area contributed by atoms with Gasteiger partial charge in [0.15, 0.2) is 0 Å². The number of allylic oxidation sites excluding steroid dienone is 8. The molecule has 0 aromatic heterocycles. The number of hydrogen-bond acceptors (Lipinski definition) is 5. The van der Waals surface area contributed by atoms with Crippen LogP contribution in [0.5, 0.6) is 0 Å². The molecule has 0 aromatic carbocycles. The van der Waals surface area contributed by atoms with Gasteiger partial charge in [0.2, 0.25) is 5.91 Å². The van der Waals surface area contributed by atoms with Crippen LogP contribution in [0.4, 0.5) is 0 Å². The minimum absolute atomic E-state index is 0.0708. The van der Waals surface area contributed by atoms with Crippen LogP contribution in [0.1, 0.15) is 278 Å². The second-order valence-electron chi connectivity index (χ2n) is 18.7. The van der Waals surface area contributed by atoms with Gasteiger partial charge in [0.1, 0.15) is 6.10 Å². The van der Waals surface area contributed by atoms with Gasteiger partial charge in [-0.15, -0.1) is 0 Å². The van der Waals surface area contributed by atoms with Crippen LogP contribution >= 0.6 is 0 Å². The summed E-state index contributed by atoms with van der Waals surface area (Å²) in [5, 5.41) is 23.8. The van der Waals surface area contributed by atoms with E-state index < -0.39 is 18.2 Å². The lowest BCUT2D eigenvalue weighted by molar-refractivity contribution is -0.151. The van der Waals surface area contributed by atoms with E-state index in [1.54, 1.807) is 0 Å². The highest BCUT2D eigenvalue weighted by atomic mass is 16.5. The molecule has 3 atom stereocenters. The number of rotatable bonds is 49. The van der Waals surface area contributed by atoms with Gasteiger partial charge in [-0.2, -0.15) is 0 Å². The molecule has 6 nitrogen and oxygen atoms in total. The number of unbranched alkanes of at least 4 members (excludes halogenated alkanes) is 32. The zero-order chi connectivity index (χ0) is 45.9. The molecule has 0 spiro atoms. The van der Waals surface area contributed by atoms with Gasteiger partial charge in [0, 0.05) is 6.42 Å². The first-order valence-electron chi connectivity index (χ1n) is 27.4. The Morgan fingerprint density at radius 1 is 0.476 bits per heavy atom. The van der Waals surface area contributed by atoms with E-state index >= 15 is 0 Å². The standard InChI is InChI=1S/C57H105NO5/c1-4-7-10-13-16-19-22-25-27-29-31-33-36-39-42-45-48-53(63-57(62)50-47-44-41-38-35-32-28-26-23-20-17-14-11-8-5-2)51-56(61)58-54(52-59)55(60)49-46-43-40-37-34-30-24-21-18-15-12-9-6-3/h8,11,14,17,20,23,26,28,53-55,59-60H,4-7,9-10,12-13,15-16,18-19,21-22,24-25,27,29-52H2,1-3H3,(H,58,61)/b11-8+,17-14+,23-20+,28-26-. The van der Waals surface area contributed by atoms with Gasteiger partial charge in [-0.25, -0.2) is 0 Å². The summed E-state index contributed by atoms with van der Waals surface area (Å²) >= 11 is 0. The molecule has 0 aliphatic heterocycles. The molecular weight excluding hydrogens is 779 g/mol. The Hall–Kier alpha value is -2.18. The molecule has 3 N–H and O–H groups in total. The lowest BCUT2D eigenvalue weighted by Gasteiger charge is -2.24. The molecular formula is C57H105NO5. The predicted octanol–water partition coefficient (Wildman–Crippen LogP) is 16.6. The third-order valence-electron chi connectivity index (χ3n) is 12.5. The van der Waals surface area contributed by atoms with Crippen molar-refractivity contribution in [2.24, 2.45) is 0 Å². The van der Waals surface area contributed by atoms with Crippen LogP contribution in [0.2, 0.25) is 0 Å². The van der Waals surface area contributed by atoms with Crippen LogP contribution in [0, 0.1) is 0 Å². The van der Waals surface area contributed by atoms with E-state index in [4.69, 9.17) is 4.74 Å². The summed E-state index contributed by atoms with van der Waals surface area (Å²) in [5.74, 6) is -0.489. The second-order valence-corrected chi connectivity index (χ2v) is 18.7. The molecule has 0 aromatic rings. The summed E-state index contributed by atoms with van der Waals surface area (Å²) in [6.07, 6.45) is 61.7. The van der Waals surface area contributed by atoms with Crippen molar-refractivity contribution >= 4 is 11.9 Å². The number of carbonyl (C=O) groups is 2. The van der Waals surface area contributed by atoms with E-state index in [0.29, 0.717) is 19.3 Å². The summed E-state index contributed by atoms with van der Waals surface area (Å²) in [6.45, 7) is 6.37. The lowest BCUT2D eigenvalue weighted by atomic mass is 10.0. The van der Waals surface area contributed by atoms with Gasteiger partial charge in [0.25, 0.3) is 0 Å². The molecule has 0 fully saturated rings. The maximum absolute atomic E-state index is 13.2. The van der Waals surface area contributed by atoms with Crippen molar-refractivity contribution in [1.29, 1.82) is 0 Å². The Labute approximate surface area is 391 Å². The van der Waals surface area contributed by atoms with E-state index in [9.17, 15) is 19.8 Å². The number of amides is 1. The average molecular weight is 884 g/mol. The summed E-state index contributed by atoms with van der Waals surface area (Å²) < 4.78 is 5.94. The fraction of sp³-hybridized carbons (Fsp3) is 0.825. The number of hydrogen-bond donors (Lipinski definition) is 3. The van der Waals surface area contributed by atoms with Crippen LogP contribution < -0.4 is 5.32 Å². The van der Waals surface area contributed by atoms with Gasteiger partial charge >= 0.3 is 5.97 Å². The SMILES string of the molecule is CC/C=C/C=C/C=C/C=C\CCCCCCCC(=O)OC(CCCCCCCCCCCCCCCCCC)CC(=O)NC(CO)C(O)CCCCCCCCCCCCCCC. The quantitative estimate of drug-likeness (QED) is 0.0321. The number of aliphatic hydroxyl groups excluding tert-OH is 2. The first kappa shape index (κ1) is 60.8. The molecule has 63 heavy (non-hydrogen) atoms. The van der Waals surface area contributed by atoms with Crippen molar-refractivity contribution in [3.05, 3.63) is 48.6 Å². The van der Waals surface area contributed by atoms with E-state index in [-0.39, 0.29) is 24.9 Å². The summed E-state index contributed by atoms with van der Waals surface area (Å²) in [6, 6.07) is -0.705. The molecule has 6 heteroatoms. The first-order valence-corrected chi connectivity index (χ1v) is 27.4. The van der Waals surface area contributed by atoms with Gasteiger partial charge in [0.05, 0.1) is 25.2 Å². The minimum Gasteiger partial charge on any atom is -0.462 e. The first-order chi connectivity index (χ1) is 31.0. The molecule has 0 heterocycles. The highest BCUT2D eigenvalue weighted by Gasteiger charge is 2.24. The summed E-state index contributed by atoms with van der Waals surface area (Å²) in [4.78, 5) is 26.2. The Balaban J connectivity index is 4.59. The Morgan fingerprint density at radius 3 is 1.30 bits per heavy atom. The summed E-state index contributed by atoms with van der Waals surface area (Å²) in [7, 11) is 0. The van der Waals surface area contributed by atoms with Crippen LogP contribution in [0.3, 0.4) is 0 Å². The van der Waals surface area contributed by atoms with Crippen molar-refractivity contribution < 1.29 is 24.5 Å². The highest BCUT2D eigenvalue weighted by Crippen LogP contribution is 2.19. The van der Waals surface area contributed by atoms with Crippen LogP contribution in [-0.4, -0.2) is 46.9 Å². The van der Waals surface area contributed by atoms with Crippen molar-refractivity contribution in [3.8, 4) is 0 Å². The van der Waals surface area contributed by atoms with Gasteiger partial charge in [-0.1, -0.05) is 268 Å². The molecule has 0 aliphatic carbocycles. The lowest BCUT2D eigenvalue weighted by Crippen LogP contribution is -2.46. The molecule has 0 rings (SSSR count). The maximum atomic E-state index is 13.2. The third-order valence-corrected chi connectivity index (χ3v) is 12.5. The predicted molar refractivity (Wildman–Crippen MR) is 273 cm³/mol. The fourth-order valence-electron chi connectivity index (χ4n) is 8.38. The largest absolute Gasteiger partial charge is 0.462 e. The van der Waals surface area contributed by atoms with Crippen LogP contribution in [-0.2, 0) is 14.3 Å². The van der Waals surface area contributed by atoms with Crippen LogP contribution in [0.15, 0.2) is 48.6 Å². The smallest absolute Gasteiger partial charge is 0.306 e. The van der Waals surface area contributed by atoms with E-state index in [2.05, 4.69) is 56.5 Å². The Kier molecular flexibility index (Phi) is 49.1. The molecule has 368 valence electrons. The van der Waals surface area contributed by atoms with E-state index in [0.717, 1.165) is 77.0 Å². The number of nitrogens with one attached hydrogen (secondary N) is 1. The molecule has 1 amide bonds. The minimum atomic E-state index is -0.791. The molecule has 3 unspecified atom stereocenters. The van der Waals surface area contributed by atoms with Crippen molar-refractivity contribution in [3.63, 3.8) is 0 Å². The third kappa shape index (κ3) is 46.2. The molecule has 0 radical (unpaired) electrons. The Bertz CT molecular complexity index is 1080. The van der Waals surface area contributed by atoms with Gasteiger partial charge < -0.3 is 20.3 Å². The monoisotopic (exact) mass is 884 g/mol. The van der Waals surface area contributed by atoms with Gasteiger partial charge in [-0.05, 0) is 44.9 Å². The number of esters is 1. The molecule has 0 aliphatic rings. The van der Waals surface area contributed by atoms with Crippen molar-refractivity contribution in [2.75, 3.05) is 6.61 Å². The average Bonchev–Trinajstić information content (AvgIpc) is 3.28. The Morgan fingerprint density at radius 2 is 0.857 bits per heavy atom. The van der Waals surface area contributed by atoms with E-state index in [1.165, 1.54) is 154 Å². The maximum Gasteiger partial charge on any atom is 0.306 e. The van der Waals surface area contributed by atoms with Crippen molar-refractivity contribution in [2.45, 2.75) is 296 Å².